The first-order valence-electron chi connectivity index (χ1n) is 5.80. The monoisotopic (exact) mass is 268 g/mol. The average molecular weight is 268 g/mol. The molecule has 0 aliphatic carbocycles. The van der Waals surface area contributed by atoms with Crippen LogP contribution in [-0.2, 0) is 14.9 Å². The molecule has 0 fully saturated rings. The Labute approximate surface area is 111 Å². The maximum atomic E-state index is 14.0. The largest absolute Gasteiger partial charge is 0.481 e. The Bertz CT molecular complexity index is 520. The molecular formula is C14H17FO4. The molecule has 0 aromatic heterocycles. The van der Waals surface area contributed by atoms with Crippen LogP contribution in [0.25, 0.3) is 0 Å². The minimum atomic E-state index is -1.02. The van der Waals surface area contributed by atoms with Crippen LogP contribution in [0.1, 0.15) is 41.8 Å². The lowest BCUT2D eigenvalue weighted by molar-refractivity contribution is -0.138. The molecule has 1 rings (SSSR count). The number of ether oxygens (including phenoxy) is 1. The molecule has 1 aromatic rings. The van der Waals surface area contributed by atoms with E-state index in [1.165, 1.54) is 19.2 Å². The van der Waals surface area contributed by atoms with Gasteiger partial charge in [-0.15, -0.1) is 0 Å². The molecule has 1 aromatic carbocycles. The van der Waals surface area contributed by atoms with Gasteiger partial charge in [0, 0.05) is 5.41 Å². The van der Waals surface area contributed by atoms with Gasteiger partial charge in [0.05, 0.1) is 19.1 Å². The fraction of sp³-hybridized carbons (Fsp3) is 0.429. The van der Waals surface area contributed by atoms with E-state index in [1.807, 2.05) is 0 Å². The Morgan fingerprint density at radius 1 is 1.37 bits per heavy atom. The van der Waals surface area contributed by atoms with E-state index in [2.05, 4.69) is 4.74 Å². The zero-order chi connectivity index (χ0) is 14.8. The van der Waals surface area contributed by atoms with E-state index in [0.29, 0.717) is 5.56 Å². The van der Waals surface area contributed by atoms with E-state index in [-0.39, 0.29) is 17.5 Å². The third-order valence-electron chi connectivity index (χ3n) is 3.04. The fourth-order valence-corrected chi connectivity index (χ4v) is 1.99. The van der Waals surface area contributed by atoms with Gasteiger partial charge in [0.25, 0.3) is 0 Å². The molecule has 0 saturated carbocycles. The number of aryl methyl sites for hydroxylation is 1. The van der Waals surface area contributed by atoms with Crippen molar-refractivity contribution < 1.29 is 23.8 Å². The highest BCUT2D eigenvalue weighted by atomic mass is 19.1. The second-order valence-corrected chi connectivity index (χ2v) is 5.09. The van der Waals surface area contributed by atoms with Crippen LogP contribution < -0.4 is 0 Å². The maximum absolute atomic E-state index is 14.0. The topological polar surface area (TPSA) is 63.6 Å². The van der Waals surface area contributed by atoms with Gasteiger partial charge in [-0.2, -0.15) is 0 Å². The minimum absolute atomic E-state index is 0.195. The molecule has 1 N–H and O–H groups in total. The van der Waals surface area contributed by atoms with E-state index in [4.69, 9.17) is 5.11 Å². The lowest BCUT2D eigenvalue weighted by Gasteiger charge is -2.24. The van der Waals surface area contributed by atoms with Crippen molar-refractivity contribution in [2.75, 3.05) is 7.11 Å². The van der Waals surface area contributed by atoms with Crippen LogP contribution in [0.15, 0.2) is 12.1 Å². The number of benzene rings is 1. The number of hydrogen-bond donors (Lipinski definition) is 1. The van der Waals surface area contributed by atoms with Gasteiger partial charge in [-0.1, -0.05) is 13.8 Å². The first-order chi connectivity index (χ1) is 8.69. The molecule has 104 valence electrons. The molecule has 19 heavy (non-hydrogen) atoms. The highest BCUT2D eigenvalue weighted by molar-refractivity contribution is 5.91. The molecule has 5 heteroatoms. The first kappa shape index (κ1) is 15.1. The summed E-state index contributed by atoms with van der Waals surface area (Å²) in [5.41, 5.74) is -0.00988. The summed E-state index contributed by atoms with van der Waals surface area (Å²) in [4.78, 5) is 22.4. The number of aliphatic carboxylic acids is 1. The molecule has 0 radical (unpaired) electrons. The quantitative estimate of drug-likeness (QED) is 0.853. The SMILES string of the molecule is COC(=O)c1cc(C(C)(C)CC(=O)O)c(F)cc1C. The lowest BCUT2D eigenvalue weighted by atomic mass is 9.80. The summed E-state index contributed by atoms with van der Waals surface area (Å²) in [6.45, 7) is 4.84. The molecule has 0 heterocycles. The van der Waals surface area contributed by atoms with Crippen molar-refractivity contribution in [3.05, 3.63) is 34.6 Å². The van der Waals surface area contributed by atoms with E-state index >= 15 is 0 Å². The van der Waals surface area contributed by atoms with E-state index < -0.39 is 23.2 Å². The summed E-state index contributed by atoms with van der Waals surface area (Å²) in [7, 11) is 1.24. The molecule has 0 aliphatic heterocycles. The van der Waals surface area contributed by atoms with Gasteiger partial charge in [-0.3, -0.25) is 4.79 Å². The van der Waals surface area contributed by atoms with Gasteiger partial charge in [0.1, 0.15) is 5.82 Å². The summed E-state index contributed by atoms with van der Waals surface area (Å²) >= 11 is 0. The predicted octanol–water partition coefficient (Wildman–Crippen LogP) is 2.67. The number of carbonyl (C=O) groups excluding carboxylic acids is 1. The second kappa shape index (κ2) is 5.38. The number of esters is 1. The number of carbonyl (C=O) groups is 2. The van der Waals surface area contributed by atoms with Crippen LogP contribution in [0, 0.1) is 12.7 Å². The maximum Gasteiger partial charge on any atom is 0.338 e. The smallest absolute Gasteiger partial charge is 0.338 e. The Morgan fingerprint density at radius 2 is 1.95 bits per heavy atom. The molecule has 0 bridgehead atoms. The fourth-order valence-electron chi connectivity index (χ4n) is 1.99. The summed E-state index contributed by atoms with van der Waals surface area (Å²) < 4.78 is 18.6. The van der Waals surface area contributed by atoms with Crippen molar-refractivity contribution in [1.82, 2.24) is 0 Å². The standard InChI is InChI=1S/C14H17FO4/c1-8-5-11(15)10(6-9(8)13(18)19-4)14(2,3)7-12(16)17/h5-6H,7H2,1-4H3,(H,16,17). The number of carboxylic acids is 1. The molecule has 0 saturated heterocycles. The van der Waals surface area contributed by atoms with Crippen molar-refractivity contribution in [3.63, 3.8) is 0 Å². The summed E-state index contributed by atoms with van der Waals surface area (Å²) in [6, 6.07) is 2.60. The predicted molar refractivity (Wildman–Crippen MR) is 67.8 cm³/mol. The number of carboxylic acid groups (broad SMARTS) is 1. The van der Waals surface area contributed by atoms with Crippen LogP contribution in [0.4, 0.5) is 4.39 Å². The molecule has 0 aliphatic rings. The summed E-state index contributed by atoms with van der Waals surface area (Å²) in [5, 5.41) is 8.87. The van der Waals surface area contributed by atoms with Gasteiger partial charge in [0.15, 0.2) is 0 Å². The summed E-state index contributed by atoms with van der Waals surface area (Å²) in [5.74, 6) is -2.11. The summed E-state index contributed by atoms with van der Waals surface area (Å²) in [6.07, 6.45) is -0.229. The first-order valence-corrected chi connectivity index (χ1v) is 5.80. The van der Waals surface area contributed by atoms with Crippen molar-refractivity contribution in [1.29, 1.82) is 0 Å². The van der Waals surface area contributed by atoms with Crippen LogP contribution in [0.3, 0.4) is 0 Å². The van der Waals surface area contributed by atoms with E-state index in [0.717, 1.165) is 0 Å². The van der Waals surface area contributed by atoms with E-state index in [9.17, 15) is 14.0 Å². The third-order valence-corrected chi connectivity index (χ3v) is 3.04. The van der Waals surface area contributed by atoms with Crippen LogP contribution >= 0.6 is 0 Å². The van der Waals surface area contributed by atoms with Crippen LogP contribution in [0.2, 0.25) is 0 Å². The van der Waals surface area contributed by atoms with Gasteiger partial charge in [-0.25, -0.2) is 9.18 Å². The Hall–Kier alpha value is -1.91. The molecule has 0 unspecified atom stereocenters. The zero-order valence-electron chi connectivity index (χ0n) is 11.4. The van der Waals surface area contributed by atoms with Gasteiger partial charge < -0.3 is 9.84 Å². The molecule has 0 atom stereocenters. The van der Waals surface area contributed by atoms with Gasteiger partial charge in [0.2, 0.25) is 0 Å². The zero-order valence-corrected chi connectivity index (χ0v) is 11.4. The Balaban J connectivity index is 3.36. The van der Waals surface area contributed by atoms with Crippen molar-refractivity contribution in [3.8, 4) is 0 Å². The Morgan fingerprint density at radius 3 is 2.42 bits per heavy atom. The van der Waals surface area contributed by atoms with Crippen LogP contribution in [-0.4, -0.2) is 24.2 Å². The minimum Gasteiger partial charge on any atom is -0.481 e. The average Bonchev–Trinajstić information content (AvgIpc) is 2.25. The van der Waals surface area contributed by atoms with Gasteiger partial charge >= 0.3 is 11.9 Å². The highest BCUT2D eigenvalue weighted by Gasteiger charge is 2.29. The van der Waals surface area contributed by atoms with Crippen molar-refractivity contribution >= 4 is 11.9 Å². The normalized spacial score (nSPS) is 11.2. The highest BCUT2D eigenvalue weighted by Crippen LogP contribution is 2.31. The van der Waals surface area contributed by atoms with Crippen molar-refractivity contribution in [2.45, 2.75) is 32.6 Å². The molecule has 4 nitrogen and oxygen atoms in total. The van der Waals surface area contributed by atoms with Crippen molar-refractivity contribution in [2.24, 2.45) is 0 Å². The number of hydrogen-bond acceptors (Lipinski definition) is 3. The number of halogens is 1. The number of rotatable bonds is 4. The lowest BCUT2D eigenvalue weighted by Crippen LogP contribution is -2.24. The van der Waals surface area contributed by atoms with Crippen LogP contribution in [0.5, 0.6) is 0 Å². The molecule has 0 amide bonds. The third kappa shape index (κ3) is 3.30. The second-order valence-electron chi connectivity index (χ2n) is 5.09. The molecular weight excluding hydrogens is 251 g/mol. The number of methoxy groups -OCH3 is 1. The Kier molecular flexibility index (Phi) is 4.29. The molecule has 0 spiro atoms. The van der Waals surface area contributed by atoms with Gasteiger partial charge in [-0.05, 0) is 30.2 Å². The van der Waals surface area contributed by atoms with E-state index in [1.54, 1.807) is 20.8 Å².